The highest BCUT2D eigenvalue weighted by Crippen LogP contribution is 2.57. The standard InChI is InChI=1S/C20H21BrO4/c21-16-3-1-2-14-15(16)10-20(24,17(14)22)18(23)25-19-7-11-4-12(8-19)6-13(5-11)9-19/h1-3,11-13,24H,4-10H2/t11?,12?,13?,19?,20-/m1/s1. The maximum absolute atomic E-state index is 12.9. The number of benzene rings is 1. The second-order valence-corrected chi connectivity index (χ2v) is 9.48. The van der Waals surface area contributed by atoms with Crippen molar-refractivity contribution in [2.75, 3.05) is 0 Å². The van der Waals surface area contributed by atoms with Crippen LogP contribution >= 0.6 is 15.9 Å². The molecule has 4 saturated carbocycles. The lowest BCUT2D eigenvalue weighted by Crippen LogP contribution is -2.56. The summed E-state index contributed by atoms with van der Waals surface area (Å²) in [7, 11) is 0. The average molecular weight is 405 g/mol. The van der Waals surface area contributed by atoms with E-state index < -0.39 is 23.0 Å². The van der Waals surface area contributed by atoms with Gasteiger partial charge in [0.15, 0.2) is 0 Å². The van der Waals surface area contributed by atoms with Crippen molar-refractivity contribution >= 4 is 27.7 Å². The number of halogens is 1. The number of fused-ring (bicyclic) bond motifs is 1. The van der Waals surface area contributed by atoms with Crippen LogP contribution in [-0.2, 0) is 16.0 Å². The van der Waals surface area contributed by atoms with E-state index in [4.69, 9.17) is 4.74 Å². The fourth-order valence-electron chi connectivity index (χ4n) is 6.11. The molecule has 1 atom stereocenters. The van der Waals surface area contributed by atoms with E-state index in [1.165, 1.54) is 19.3 Å². The summed E-state index contributed by atoms with van der Waals surface area (Å²) >= 11 is 3.41. The molecule has 0 amide bonds. The summed E-state index contributed by atoms with van der Waals surface area (Å²) in [6.07, 6.45) is 6.42. The van der Waals surface area contributed by atoms with E-state index in [0.717, 1.165) is 23.7 Å². The molecule has 4 bridgehead atoms. The Hall–Kier alpha value is -1.20. The average Bonchev–Trinajstić information content (AvgIpc) is 2.80. The van der Waals surface area contributed by atoms with E-state index in [-0.39, 0.29) is 6.42 Å². The van der Waals surface area contributed by atoms with Crippen LogP contribution in [0.4, 0.5) is 0 Å². The summed E-state index contributed by atoms with van der Waals surface area (Å²) in [6.45, 7) is 0. The SMILES string of the molecule is O=C(OC12CC3CC(CC(C3)C1)C2)[C@@]1(O)Cc2c(Br)cccc2C1=O. The van der Waals surface area contributed by atoms with Gasteiger partial charge in [-0.3, -0.25) is 4.79 Å². The first-order valence-electron chi connectivity index (χ1n) is 9.17. The fraction of sp³-hybridized carbons (Fsp3) is 0.600. The monoisotopic (exact) mass is 404 g/mol. The van der Waals surface area contributed by atoms with Crippen LogP contribution in [-0.4, -0.2) is 28.1 Å². The molecule has 0 radical (unpaired) electrons. The van der Waals surface area contributed by atoms with Crippen LogP contribution in [0.1, 0.15) is 54.4 Å². The van der Waals surface area contributed by atoms with E-state index >= 15 is 0 Å². The van der Waals surface area contributed by atoms with Crippen LogP contribution in [0.5, 0.6) is 0 Å². The summed E-state index contributed by atoms with van der Waals surface area (Å²) in [5.74, 6) is 0.638. The molecule has 5 heteroatoms. The Bertz CT molecular complexity index is 751. The minimum Gasteiger partial charge on any atom is -0.457 e. The van der Waals surface area contributed by atoms with Crippen LogP contribution in [0.3, 0.4) is 0 Å². The molecular weight excluding hydrogens is 384 g/mol. The Morgan fingerprint density at radius 3 is 2.28 bits per heavy atom. The number of ether oxygens (including phenoxy) is 1. The number of hydrogen-bond acceptors (Lipinski definition) is 4. The molecule has 6 rings (SSSR count). The highest BCUT2D eigenvalue weighted by Gasteiger charge is 2.58. The van der Waals surface area contributed by atoms with Crippen molar-refractivity contribution in [2.45, 2.75) is 56.1 Å². The number of Topliss-reactive ketones (excluding diaryl/α,β-unsaturated/α-hetero) is 1. The normalized spacial score (nSPS) is 41.0. The molecular formula is C20H21BrO4. The van der Waals surface area contributed by atoms with E-state index in [0.29, 0.717) is 28.9 Å². The first-order valence-corrected chi connectivity index (χ1v) is 9.96. The van der Waals surface area contributed by atoms with Gasteiger partial charge in [-0.1, -0.05) is 28.1 Å². The lowest BCUT2D eigenvalue weighted by Gasteiger charge is -2.56. The number of ketones is 1. The smallest absolute Gasteiger partial charge is 0.347 e. The Kier molecular flexibility index (Phi) is 3.31. The van der Waals surface area contributed by atoms with Gasteiger partial charge in [-0.05, 0) is 67.9 Å². The van der Waals surface area contributed by atoms with Gasteiger partial charge in [0.1, 0.15) is 5.60 Å². The number of hydrogen-bond donors (Lipinski definition) is 1. The molecule has 4 fully saturated rings. The zero-order chi connectivity index (χ0) is 17.4. The molecule has 0 aromatic heterocycles. The fourth-order valence-corrected chi connectivity index (χ4v) is 6.62. The van der Waals surface area contributed by atoms with Gasteiger partial charge < -0.3 is 9.84 Å². The molecule has 5 aliphatic rings. The lowest BCUT2D eigenvalue weighted by molar-refractivity contribution is -0.199. The van der Waals surface area contributed by atoms with Crippen LogP contribution in [0.15, 0.2) is 22.7 Å². The second kappa shape index (κ2) is 5.17. The van der Waals surface area contributed by atoms with Crippen molar-refractivity contribution in [1.82, 2.24) is 0 Å². The van der Waals surface area contributed by atoms with Crippen molar-refractivity contribution in [3.63, 3.8) is 0 Å². The molecule has 1 N–H and O–H groups in total. The van der Waals surface area contributed by atoms with Gasteiger partial charge in [-0.15, -0.1) is 0 Å². The number of carbonyl (C=O) groups is 2. The third-order valence-electron chi connectivity index (χ3n) is 6.80. The number of aliphatic hydroxyl groups is 1. The van der Waals surface area contributed by atoms with Crippen LogP contribution in [0, 0.1) is 17.8 Å². The molecule has 4 nitrogen and oxygen atoms in total. The van der Waals surface area contributed by atoms with E-state index in [1.54, 1.807) is 12.1 Å². The molecule has 0 heterocycles. The predicted molar refractivity (Wildman–Crippen MR) is 94.1 cm³/mol. The van der Waals surface area contributed by atoms with Gasteiger partial charge in [0.05, 0.1) is 0 Å². The third-order valence-corrected chi connectivity index (χ3v) is 7.54. The van der Waals surface area contributed by atoms with Crippen LogP contribution in [0.2, 0.25) is 0 Å². The van der Waals surface area contributed by atoms with Gasteiger partial charge in [0.25, 0.3) is 0 Å². The van der Waals surface area contributed by atoms with Gasteiger partial charge in [0, 0.05) is 16.5 Å². The molecule has 0 aliphatic heterocycles. The number of rotatable bonds is 2. The van der Waals surface area contributed by atoms with Gasteiger partial charge in [0.2, 0.25) is 11.4 Å². The van der Waals surface area contributed by atoms with Gasteiger partial charge in [-0.25, -0.2) is 4.79 Å². The molecule has 1 aromatic carbocycles. The van der Waals surface area contributed by atoms with Gasteiger partial charge >= 0.3 is 5.97 Å². The molecule has 1 aromatic rings. The van der Waals surface area contributed by atoms with E-state index in [9.17, 15) is 14.7 Å². The topological polar surface area (TPSA) is 63.6 Å². The largest absolute Gasteiger partial charge is 0.457 e. The molecule has 0 unspecified atom stereocenters. The van der Waals surface area contributed by atoms with Crippen LogP contribution in [0.25, 0.3) is 0 Å². The maximum atomic E-state index is 12.9. The molecule has 0 saturated heterocycles. The zero-order valence-corrected chi connectivity index (χ0v) is 15.5. The summed E-state index contributed by atoms with van der Waals surface area (Å²) in [5, 5.41) is 10.9. The van der Waals surface area contributed by atoms with Gasteiger partial charge in [-0.2, -0.15) is 0 Å². The maximum Gasteiger partial charge on any atom is 0.347 e. The molecule has 25 heavy (non-hydrogen) atoms. The van der Waals surface area contributed by atoms with Crippen molar-refractivity contribution in [3.8, 4) is 0 Å². The zero-order valence-electron chi connectivity index (χ0n) is 14.0. The summed E-state index contributed by atoms with van der Waals surface area (Å²) in [6, 6.07) is 5.23. The minimum atomic E-state index is -2.07. The van der Waals surface area contributed by atoms with Crippen molar-refractivity contribution in [2.24, 2.45) is 17.8 Å². The molecule has 132 valence electrons. The van der Waals surface area contributed by atoms with E-state index in [1.807, 2.05) is 6.07 Å². The summed E-state index contributed by atoms with van der Waals surface area (Å²) in [4.78, 5) is 25.7. The van der Waals surface area contributed by atoms with Crippen molar-refractivity contribution in [3.05, 3.63) is 33.8 Å². The van der Waals surface area contributed by atoms with E-state index in [2.05, 4.69) is 15.9 Å². The predicted octanol–water partition coefficient (Wildman–Crippen LogP) is 3.43. The Labute approximate surface area is 155 Å². The first-order chi connectivity index (χ1) is 11.9. The Morgan fingerprint density at radius 2 is 1.72 bits per heavy atom. The van der Waals surface area contributed by atoms with Crippen molar-refractivity contribution in [1.29, 1.82) is 0 Å². The Morgan fingerprint density at radius 1 is 1.12 bits per heavy atom. The third kappa shape index (κ3) is 2.28. The molecule has 5 aliphatic carbocycles. The highest BCUT2D eigenvalue weighted by molar-refractivity contribution is 9.10. The lowest BCUT2D eigenvalue weighted by atomic mass is 9.54. The Balaban J connectivity index is 1.42. The van der Waals surface area contributed by atoms with Crippen molar-refractivity contribution < 1.29 is 19.4 Å². The number of carbonyl (C=O) groups excluding carboxylic acids is 2. The summed E-state index contributed by atoms with van der Waals surface area (Å²) < 4.78 is 6.70. The second-order valence-electron chi connectivity index (χ2n) is 8.62. The van der Waals surface area contributed by atoms with Crippen LogP contribution < -0.4 is 0 Å². The highest BCUT2D eigenvalue weighted by atomic mass is 79.9. The minimum absolute atomic E-state index is 0.00616. The summed E-state index contributed by atoms with van der Waals surface area (Å²) in [5.41, 5.74) is -1.42. The molecule has 0 spiro atoms. The number of esters is 1. The first kappa shape index (κ1) is 16.0. The quantitative estimate of drug-likeness (QED) is 0.605.